The molecule has 4 atom stereocenters. The van der Waals surface area contributed by atoms with Crippen molar-refractivity contribution in [3.8, 4) is 0 Å². The molecule has 4 unspecified atom stereocenters. The number of aliphatic hydroxyl groups is 1. The first-order valence-electron chi connectivity index (χ1n) is 12.3. The Kier molecular flexibility index (Phi) is 21.0. The Balaban J connectivity index is 0.00000436. The Labute approximate surface area is 199 Å². The SMILES string of the molecule is CC.CCC(Br)C(CC)OC1(OC)CCC(CCCCOCCOCCOCCO)C1. The fraction of sp³-hybridized carbons (Fsp3) is 1.00. The number of ether oxygens (including phenoxy) is 5. The first-order chi connectivity index (χ1) is 15.1. The fourth-order valence-corrected chi connectivity index (χ4v) is 4.33. The van der Waals surface area contributed by atoms with Crippen molar-refractivity contribution in [3.63, 3.8) is 0 Å². The standard InChI is InChI=1S/C22H43BrO6.C2H6/c1-4-20(23)21(5-2)29-22(25-3)10-9-19(18-22)8-6-7-12-26-14-16-28-17-15-27-13-11-24;1-2/h19-21,24H,4-18H2,1-3H3;1-2H3. The second-order valence-corrected chi connectivity index (χ2v) is 8.95. The van der Waals surface area contributed by atoms with E-state index in [4.69, 9.17) is 28.8 Å². The van der Waals surface area contributed by atoms with Crippen LogP contribution in [-0.2, 0) is 23.7 Å². The number of methoxy groups -OCH3 is 1. The van der Waals surface area contributed by atoms with Crippen LogP contribution in [0.3, 0.4) is 0 Å². The Morgan fingerprint density at radius 1 is 0.935 bits per heavy atom. The van der Waals surface area contributed by atoms with Crippen LogP contribution in [0, 0.1) is 5.92 Å². The van der Waals surface area contributed by atoms with Crippen LogP contribution in [-0.4, -0.2) is 75.2 Å². The van der Waals surface area contributed by atoms with Crippen LogP contribution < -0.4 is 0 Å². The maximum Gasteiger partial charge on any atom is 0.168 e. The van der Waals surface area contributed by atoms with Gasteiger partial charge in [0.05, 0.1) is 45.7 Å². The minimum Gasteiger partial charge on any atom is -0.394 e. The molecule has 7 heteroatoms. The van der Waals surface area contributed by atoms with Crippen LogP contribution in [0.15, 0.2) is 0 Å². The molecule has 1 saturated carbocycles. The molecule has 1 rings (SSSR count). The van der Waals surface area contributed by atoms with Gasteiger partial charge in [-0.25, -0.2) is 0 Å². The summed E-state index contributed by atoms with van der Waals surface area (Å²) in [6.45, 7) is 11.8. The molecule has 188 valence electrons. The van der Waals surface area contributed by atoms with E-state index in [2.05, 4.69) is 29.8 Å². The highest BCUT2D eigenvalue weighted by atomic mass is 79.9. The second-order valence-electron chi connectivity index (χ2n) is 7.77. The summed E-state index contributed by atoms with van der Waals surface area (Å²) in [5, 5.41) is 8.59. The molecule has 0 heterocycles. The molecule has 0 amide bonds. The summed E-state index contributed by atoms with van der Waals surface area (Å²) in [6.07, 6.45) is 8.88. The molecule has 1 N–H and O–H groups in total. The molecule has 0 aliphatic heterocycles. The van der Waals surface area contributed by atoms with E-state index in [1.165, 1.54) is 19.3 Å². The zero-order valence-electron chi connectivity index (χ0n) is 20.7. The van der Waals surface area contributed by atoms with Gasteiger partial charge in [-0.2, -0.15) is 0 Å². The molecule has 0 aromatic carbocycles. The fourth-order valence-electron chi connectivity index (χ4n) is 3.85. The Bertz CT molecular complexity index is 387. The van der Waals surface area contributed by atoms with Crippen LogP contribution in [0.2, 0.25) is 0 Å². The van der Waals surface area contributed by atoms with Gasteiger partial charge < -0.3 is 28.8 Å². The molecule has 1 fully saturated rings. The van der Waals surface area contributed by atoms with Gasteiger partial charge in [0.25, 0.3) is 0 Å². The molecule has 0 saturated heterocycles. The smallest absolute Gasteiger partial charge is 0.168 e. The van der Waals surface area contributed by atoms with Crippen molar-refractivity contribution in [2.24, 2.45) is 5.92 Å². The van der Waals surface area contributed by atoms with Crippen molar-refractivity contribution in [1.29, 1.82) is 0 Å². The first-order valence-corrected chi connectivity index (χ1v) is 13.2. The lowest BCUT2D eigenvalue weighted by atomic mass is 10.00. The third-order valence-electron chi connectivity index (χ3n) is 5.60. The molecule has 0 spiro atoms. The van der Waals surface area contributed by atoms with Crippen LogP contribution >= 0.6 is 15.9 Å². The topological polar surface area (TPSA) is 66.4 Å². The van der Waals surface area contributed by atoms with Crippen molar-refractivity contribution < 1.29 is 28.8 Å². The summed E-state index contributed by atoms with van der Waals surface area (Å²) in [5.74, 6) is 0.270. The van der Waals surface area contributed by atoms with Gasteiger partial charge in [-0.3, -0.25) is 0 Å². The van der Waals surface area contributed by atoms with Gasteiger partial charge in [0.15, 0.2) is 5.79 Å². The summed E-state index contributed by atoms with van der Waals surface area (Å²) in [5.41, 5.74) is 0. The van der Waals surface area contributed by atoms with Crippen molar-refractivity contribution in [1.82, 2.24) is 0 Å². The zero-order valence-corrected chi connectivity index (χ0v) is 22.3. The van der Waals surface area contributed by atoms with E-state index in [1.807, 2.05) is 13.8 Å². The van der Waals surface area contributed by atoms with Crippen molar-refractivity contribution in [2.45, 2.75) is 95.8 Å². The predicted molar refractivity (Wildman–Crippen MR) is 130 cm³/mol. The van der Waals surface area contributed by atoms with Gasteiger partial charge >= 0.3 is 0 Å². The molecule has 1 aliphatic rings. The van der Waals surface area contributed by atoms with E-state index >= 15 is 0 Å². The lowest BCUT2D eigenvalue weighted by molar-refractivity contribution is -0.243. The molecule has 6 nitrogen and oxygen atoms in total. The normalized spacial score (nSPS) is 22.7. The highest BCUT2D eigenvalue weighted by molar-refractivity contribution is 9.09. The molecule has 0 aromatic heterocycles. The molecular formula is C24H49BrO6. The number of hydrogen-bond donors (Lipinski definition) is 1. The maximum absolute atomic E-state index is 8.59. The minimum atomic E-state index is -0.402. The number of alkyl halides is 1. The van der Waals surface area contributed by atoms with E-state index in [1.54, 1.807) is 7.11 Å². The van der Waals surface area contributed by atoms with E-state index < -0.39 is 5.79 Å². The van der Waals surface area contributed by atoms with Gasteiger partial charge in [-0.05, 0) is 31.6 Å². The summed E-state index contributed by atoms with van der Waals surface area (Å²) in [6, 6.07) is 0. The molecule has 0 bridgehead atoms. The van der Waals surface area contributed by atoms with Gasteiger partial charge in [-0.15, -0.1) is 0 Å². The highest BCUT2D eigenvalue weighted by Gasteiger charge is 2.42. The first kappa shape index (κ1) is 31.2. The average molecular weight is 514 g/mol. The second kappa shape index (κ2) is 20.8. The molecular weight excluding hydrogens is 464 g/mol. The Morgan fingerprint density at radius 2 is 1.55 bits per heavy atom. The summed E-state index contributed by atoms with van der Waals surface area (Å²) in [7, 11) is 1.79. The quantitative estimate of drug-likeness (QED) is 0.143. The number of rotatable bonds is 19. The number of hydrogen-bond acceptors (Lipinski definition) is 6. The maximum atomic E-state index is 8.59. The van der Waals surface area contributed by atoms with Gasteiger partial charge in [0.2, 0.25) is 0 Å². The van der Waals surface area contributed by atoms with E-state index in [9.17, 15) is 0 Å². The minimum absolute atomic E-state index is 0.0544. The van der Waals surface area contributed by atoms with Gasteiger partial charge in [-0.1, -0.05) is 56.5 Å². The average Bonchev–Trinajstić information content (AvgIpc) is 3.22. The van der Waals surface area contributed by atoms with E-state index in [0.29, 0.717) is 43.8 Å². The van der Waals surface area contributed by atoms with E-state index in [-0.39, 0.29) is 12.7 Å². The zero-order chi connectivity index (χ0) is 23.4. The summed E-state index contributed by atoms with van der Waals surface area (Å²) in [4.78, 5) is 0.382. The van der Waals surface area contributed by atoms with Gasteiger partial charge in [0, 0.05) is 31.4 Å². The third kappa shape index (κ3) is 14.2. The van der Waals surface area contributed by atoms with Crippen LogP contribution in [0.5, 0.6) is 0 Å². The number of unbranched alkanes of at least 4 members (excludes halogenated alkanes) is 1. The summed E-state index contributed by atoms with van der Waals surface area (Å²) >= 11 is 3.76. The molecule has 0 radical (unpaired) electrons. The van der Waals surface area contributed by atoms with Crippen molar-refractivity contribution in [2.75, 3.05) is 53.4 Å². The monoisotopic (exact) mass is 512 g/mol. The lowest BCUT2D eigenvalue weighted by Gasteiger charge is -2.34. The van der Waals surface area contributed by atoms with E-state index in [0.717, 1.165) is 38.7 Å². The number of aliphatic hydroxyl groups excluding tert-OH is 1. The van der Waals surface area contributed by atoms with Crippen molar-refractivity contribution in [3.05, 3.63) is 0 Å². The van der Waals surface area contributed by atoms with Crippen LogP contribution in [0.4, 0.5) is 0 Å². The van der Waals surface area contributed by atoms with Gasteiger partial charge in [0.1, 0.15) is 0 Å². The van der Waals surface area contributed by atoms with Crippen molar-refractivity contribution >= 4 is 15.9 Å². The molecule has 0 aromatic rings. The summed E-state index contributed by atoms with van der Waals surface area (Å²) < 4.78 is 28.5. The molecule has 1 aliphatic carbocycles. The molecule has 31 heavy (non-hydrogen) atoms. The lowest BCUT2D eigenvalue weighted by Crippen LogP contribution is -2.39. The Hall–Kier alpha value is 0.240. The Morgan fingerprint density at radius 3 is 2.10 bits per heavy atom. The van der Waals surface area contributed by atoms with Crippen LogP contribution in [0.25, 0.3) is 0 Å². The highest BCUT2D eigenvalue weighted by Crippen LogP contribution is 2.42. The number of halogens is 1. The third-order valence-corrected chi connectivity index (χ3v) is 6.83. The largest absolute Gasteiger partial charge is 0.394 e. The predicted octanol–water partition coefficient (Wildman–Crippen LogP) is 5.34. The van der Waals surface area contributed by atoms with Crippen LogP contribution in [0.1, 0.15) is 79.1 Å².